The molecule has 4 nitrogen and oxygen atoms in total. The summed E-state index contributed by atoms with van der Waals surface area (Å²) in [7, 11) is 1.42. The number of carbonyl (C=O) groups excluding carboxylic acids is 1. The highest BCUT2D eigenvalue weighted by molar-refractivity contribution is 9.10. The third kappa shape index (κ3) is 3.05. The van der Waals surface area contributed by atoms with Crippen molar-refractivity contribution < 1.29 is 14.6 Å². The molecule has 0 radical (unpaired) electrons. The maximum Gasteiger partial charge on any atom is 0.259 e. The summed E-state index contributed by atoms with van der Waals surface area (Å²) in [5.74, 6) is -0.401. The molecule has 0 atom stereocenters. The molecule has 0 saturated heterocycles. The first kappa shape index (κ1) is 14.7. The Bertz CT molecular complexity index is 661. The van der Waals surface area contributed by atoms with Gasteiger partial charge in [0, 0.05) is 10.2 Å². The summed E-state index contributed by atoms with van der Waals surface area (Å²) < 4.78 is 5.70. The van der Waals surface area contributed by atoms with Crippen LogP contribution in [0.4, 0.5) is 5.69 Å². The number of rotatable bonds is 3. The lowest BCUT2D eigenvalue weighted by molar-refractivity contribution is 0.102. The predicted octanol–water partition coefficient (Wildman–Crippen LogP) is 4.07. The van der Waals surface area contributed by atoms with Crippen molar-refractivity contribution in [1.82, 2.24) is 0 Å². The number of para-hydroxylation sites is 1. The number of phenolic OH excluding ortho intramolecular Hbond substituents is 1. The van der Waals surface area contributed by atoms with E-state index in [1.807, 2.05) is 0 Å². The molecule has 2 aromatic carbocycles. The molecule has 0 aliphatic rings. The minimum Gasteiger partial charge on any atom is -0.504 e. The van der Waals surface area contributed by atoms with Crippen molar-refractivity contribution >= 4 is 39.1 Å². The summed E-state index contributed by atoms with van der Waals surface area (Å²) in [6, 6.07) is 9.74. The molecule has 0 fully saturated rings. The minimum absolute atomic E-state index is 0.128. The number of ether oxygens (including phenoxy) is 1. The zero-order valence-electron chi connectivity index (χ0n) is 10.5. The lowest BCUT2D eigenvalue weighted by atomic mass is 10.1. The van der Waals surface area contributed by atoms with Crippen LogP contribution in [0, 0.1) is 0 Å². The molecule has 0 aliphatic carbocycles. The molecule has 2 N–H and O–H groups in total. The van der Waals surface area contributed by atoms with Gasteiger partial charge in [-0.05, 0) is 46.3 Å². The quantitative estimate of drug-likeness (QED) is 0.871. The molecule has 0 saturated carbocycles. The first-order valence-corrected chi connectivity index (χ1v) is 6.82. The topological polar surface area (TPSA) is 58.6 Å². The molecule has 0 spiro atoms. The van der Waals surface area contributed by atoms with Crippen molar-refractivity contribution in [2.24, 2.45) is 0 Å². The Balaban J connectivity index is 2.26. The van der Waals surface area contributed by atoms with Gasteiger partial charge in [0.2, 0.25) is 0 Å². The monoisotopic (exact) mass is 355 g/mol. The normalized spacial score (nSPS) is 10.2. The Kier molecular flexibility index (Phi) is 4.52. The molecule has 104 valence electrons. The average molecular weight is 357 g/mol. The average Bonchev–Trinajstić information content (AvgIpc) is 2.43. The summed E-state index contributed by atoms with van der Waals surface area (Å²) in [6.45, 7) is 0. The number of halogens is 2. The van der Waals surface area contributed by atoms with E-state index in [0.717, 1.165) is 4.47 Å². The SMILES string of the molecule is COc1cccc(C(=O)Nc2ccc(Br)c(Cl)c2)c1O. The number of aromatic hydroxyl groups is 1. The van der Waals surface area contributed by atoms with Gasteiger partial charge in [-0.25, -0.2) is 0 Å². The van der Waals surface area contributed by atoms with Gasteiger partial charge in [0.25, 0.3) is 5.91 Å². The van der Waals surface area contributed by atoms with Crippen LogP contribution in [0.3, 0.4) is 0 Å². The fourth-order valence-electron chi connectivity index (χ4n) is 1.64. The highest BCUT2D eigenvalue weighted by atomic mass is 79.9. The van der Waals surface area contributed by atoms with Gasteiger partial charge in [0.15, 0.2) is 11.5 Å². The maximum atomic E-state index is 12.1. The van der Waals surface area contributed by atoms with Gasteiger partial charge in [-0.2, -0.15) is 0 Å². The Hall–Kier alpha value is -1.72. The van der Waals surface area contributed by atoms with Crippen molar-refractivity contribution in [3.05, 3.63) is 51.5 Å². The fourth-order valence-corrected chi connectivity index (χ4v) is 2.07. The second kappa shape index (κ2) is 6.15. The van der Waals surface area contributed by atoms with Crippen LogP contribution in [-0.4, -0.2) is 18.1 Å². The maximum absolute atomic E-state index is 12.1. The standard InChI is InChI=1S/C14H11BrClNO3/c1-20-12-4-2-3-9(13(12)18)14(19)17-8-5-6-10(15)11(16)7-8/h2-7,18H,1H3,(H,17,19). The Morgan fingerprint density at radius 1 is 1.35 bits per heavy atom. The number of amides is 1. The number of hydrogen-bond acceptors (Lipinski definition) is 3. The van der Waals surface area contributed by atoms with Crippen LogP contribution >= 0.6 is 27.5 Å². The molecule has 6 heteroatoms. The van der Waals surface area contributed by atoms with Crippen LogP contribution in [0.25, 0.3) is 0 Å². The molecule has 0 unspecified atom stereocenters. The molecule has 1 amide bonds. The van der Waals surface area contributed by atoms with Gasteiger partial charge in [-0.15, -0.1) is 0 Å². The summed E-state index contributed by atoms with van der Waals surface area (Å²) in [6.07, 6.45) is 0. The molecule has 0 heterocycles. The van der Waals surface area contributed by atoms with Crippen LogP contribution in [0.1, 0.15) is 10.4 Å². The Morgan fingerprint density at radius 2 is 2.10 bits per heavy atom. The smallest absolute Gasteiger partial charge is 0.259 e. The Labute approximate surface area is 129 Å². The van der Waals surface area contributed by atoms with E-state index in [1.54, 1.807) is 30.3 Å². The number of benzene rings is 2. The number of methoxy groups -OCH3 is 1. The van der Waals surface area contributed by atoms with Gasteiger partial charge >= 0.3 is 0 Å². The zero-order valence-corrected chi connectivity index (χ0v) is 12.8. The van der Waals surface area contributed by atoms with E-state index >= 15 is 0 Å². The summed E-state index contributed by atoms with van der Waals surface area (Å²) >= 11 is 9.22. The second-order valence-electron chi connectivity index (χ2n) is 3.94. The first-order valence-electron chi connectivity index (χ1n) is 5.65. The van der Waals surface area contributed by atoms with E-state index in [1.165, 1.54) is 13.2 Å². The lowest BCUT2D eigenvalue weighted by Gasteiger charge is -2.10. The van der Waals surface area contributed by atoms with E-state index in [4.69, 9.17) is 16.3 Å². The van der Waals surface area contributed by atoms with Crippen molar-refractivity contribution in [2.75, 3.05) is 12.4 Å². The van der Waals surface area contributed by atoms with Gasteiger partial charge < -0.3 is 15.2 Å². The molecular weight excluding hydrogens is 346 g/mol. The number of hydrogen-bond donors (Lipinski definition) is 2. The second-order valence-corrected chi connectivity index (χ2v) is 5.20. The van der Waals surface area contributed by atoms with Crippen molar-refractivity contribution in [3.8, 4) is 11.5 Å². The molecular formula is C14H11BrClNO3. The van der Waals surface area contributed by atoms with Crippen LogP contribution in [0.2, 0.25) is 5.02 Å². The molecule has 0 bridgehead atoms. The fraction of sp³-hybridized carbons (Fsp3) is 0.0714. The minimum atomic E-state index is -0.445. The van der Waals surface area contributed by atoms with E-state index in [9.17, 15) is 9.90 Å². The van der Waals surface area contributed by atoms with Crippen molar-refractivity contribution in [1.29, 1.82) is 0 Å². The molecule has 2 rings (SSSR count). The molecule has 0 aromatic heterocycles. The number of phenols is 1. The highest BCUT2D eigenvalue weighted by Gasteiger charge is 2.15. The third-order valence-corrected chi connectivity index (χ3v) is 3.87. The van der Waals surface area contributed by atoms with Crippen molar-refractivity contribution in [3.63, 3.8) is 0 Å². The largest absolute Gasteiger partial charge is 0.504 e. The third-order valence-electron chi connectivity index (χ3n) is 2.64. The Morgan fingerprint density at radius 3 is 2.75 bits per heavy atom. The van der Waals surface area contributed by atoms with E-state index in [2.05, 4.69) is 21.2 Å². The van der Waals surface area contributed by atoms with E-state index in [-0.39, 0.29) is 17.1 Å². The van der Waals surface area contributed by atoms with Crippen LogP contribution in [0.15, 0.2) is 40.9 Å². The van der Waals surface area contributed by atoms with Crippen LogP contribution < -0.4 is 10.1 Å². The van der Waals surface area contributed by atoms with Gasteiger partial charge in [-0.3, -0.25) is 4.79 Å². The van der Waals surface area contributed by atoms with Gasteiger partial charge in [0.05, 0.1) is 17.7 Å². The number of nitrogens with one attached hydrogen (secondary N) is 1. The van der Waals surface area contributed by atoms with E-state index < -0.39 is 5.91 Å². The number of anilines is 1. The first-order chi connectivity index (χ1) is 9.52. The molecule has 0 aliphatic heterocycles. The summed E-state index contributed by atoms with van der Waals surface area (Å²) in [5, 5.41) is 13.1. The van der Waals surface area contributed by atoms with E-state index in [0.29, 0.717) is 10.7 Å². The zero-order chi connectivity index (χ0) is 14.7. The molecule has 2 aromatic rings. The predicted molar refractivity (Wildman–Crippen MR) is 81.8 cm³/mol. The van der Waals surface area contributed by atoms with Gasteiger partial charge in [0.1, 0.15) is 0 Å². The van der Waals surface area contributed by atoms with Crippen LogP contribution in [0.5, 0.6) is 11.5 Å². The number of carbonyl (C=O) groups is 1. The van der Waals surface area contributed by atoms with Crippen LogP contribution in [-0.2, 0) is 0 Å². The lowest BCUT2D eigenvalue weighted by Crippen LogP contribution is -2.12. The highest BCUT2D eigenvalue weighted by Crippen LogP contribution is 2.30. The summed E-state index contributed by atoms with van der Waals surface area (Å²) in [4.78, 5) is 12.1. The van der Waals surface area contributed by atoms with Gasteiger partial charge in [-0.1, -0.05) is 17.7 Å². The molecule has 20 heavy (non-hydrogen) atoms. The van der Waals surface area contributed by atoms with Crippen molar-refractivity contribution in [2.45, 2.75) is 0 Å². The summed E-state index contributed by atoms with van der Waals surface area (Å²) in [5.41, 5.74) is 0.661.